The minimum absolute atomic E-state index is 0.119. The molecule has 0 aliphatic carbocycles. The van der Waals surface area contributed by atoms with Crippen molar-refractivity contribution in [3.63, 3.8) is 0 Å². The molecule has 0 aliphatic heterocycles. The Morgan fingerprint density at radius 2 is 0.695 bits per heavy atom. The van der Waals surface area contributed by atoms with Crippen LogP contribution in [-0.2, 0) is 28.6 Å². The molecule has 1 unspecified atom stereocenters. The lowest BCUT2D eigenvalue weighted by molar-refractivity contribution is -0.166. The molecule has 0 aromatic carbocycles. The van der Waals surface area contributed by atoms with E-state index in [0.29, 0.717) is 19.3 Å². The van der Waals surface area contributed by atoms with E-state index in [1.54, 1.807) is 0 Å². The molecule has 0 rings (SSSR count). The van der Waals surface area contributed by atoms with Crippen LogP contribution in [0.25, 0.3) is 0 Å². The summed E-state index contributed by atoms with van der Waals surface area (Å²) < 4.78 is 16.6. The number of hydrogen-bond donors (Lipinski definition) is 0. The number of esters is 3. The van der Waals surface area contributed by atoms with E-state index < -0.39 is 12.1 Å². The average molecular weight is 819 g/mol. The van der Waals surface area contributed by atoms with Crippen molar-refractivity contribution in [2.24, 2.45) is 0 Å². The summed E-state index contributed by atoms with van der Waals surface area (Å²) in [5, 5.41) is 0. The number of rotatable bonds is 41. The van der Waals surface area contributed by atoms with E-state index in [1.807, 2.05) is 6.08 Å². The first-order chi connectivity index (χ1) is 29.0. The van der Waals surface area contributed by atoms with Crippen molar-refractivity contribution in [3.05, 3.63) is 97.2 Å². The van der Waals surface area contributed by atoms with E-state index in [4.69, 9.17) is 14.2 Å². The Morgan fingerprint density at radius 3 is 1.14 bits per heavy atom. The summed E-state index contributed by atoms with van der Waals surface area (Å²) in [6, 6.07) is 0. The van der Waals surface area contributed by atoms with E-state index in [-0.39, 0.29) is 31.6 Å². The number of hydrogen-bond acceptors (Lipinski definition) is 6. The summed E-state index contributed by atoms with van der Waals surface area (Å²) >= 11 is 0. The standard InChI is InChI=1S/C53H86O6/c1-4-7-10-13-16-19-21-23-24-25-26-27-28-30-31-34-37-40-43-46-52(55)58-49-50(48-57-51(54)45-42-39-36-33-18-15-12-9-6-3)59-53(56)47-44-41-38-35-32-29-22-20-17-14-11-8-5-2/h7,9-10,12,16,18-19,23-24,26-27,29,32-33,38,41,50H,4-6,8,11,13-15,17,20-22,25,28,30-31,34-37,39-40,42-49H2,1-3H3/b10-7-,12-9-,19-16-,24-23-,27-26-,32-29-,33-18-,41-38-. The van der Waals surface area contributed by atoms with Crippen LogP contribution in [0.5, 0.6) is 0 Å². The number of carbonyl (C=O) groups is 3. The molecule has 0 aromatic heterocycles. The Bertz CT molecular complexity index is 1220. The third-order valence-electron chi connectivity index (χ3n) is 9.57. The summed E-state index contributed by atoms with van der Waals surface area (Å²) in [6.45, 7) is 6.27. The fourth-order valence-electron chi connectivity index (χ4n) is 6.05. The smallest absolute Gasteiger partial charge is 0.306 e. The van der Waals surface area contributed by atoms with Crippen LogP contribution >= 0.6 is 0 Å². The average Bonchev–Trinajstić information content (AvgIpc) is 3.23. The summed E-state index contributed by atoms with van der Waals surface area (Å²) in [5.41, 5.74) is 0. The first-order valence-electron chi connectivity index (χ1n) is 23.7. The Kier molecular flexibility index (Phi) is 44.1. The highest BCUT2D eigenvalue weighted by molar-refractivity contribution is 5.71. The maximum absolute atomic E-state index is 12.7. The summed E-state index contributed by atoms with van der Waals surface area (Å²) in [5.74, 6) is -1.05. The molecule has 0 aromatic rings. The van der Waals surface area contributed by atoms with Crippen LogP contribution in [-0.4, -0.2) is 37.2 Å². The van der Waals surface area contributed by atoms with Gasteiger partial charge < -0.3 is 14.2 Å². The lowest BCUT2D eigenvalue weighted by Crippen LogP contribution is -2.30. The molecule has 0 fully saturated rings. The molecule has 59 heavy (non-hydrogen) atoms. The highest BCUT2D eigenvalue weighted by Crippen LogP contribution is 2.12. The molecule has 0 saturated carbocycles. The van der Waals surface area contributed by atoms with E-state index >= 15 is 0 Å². The van der Waals surface area contributed by atoms with Gasteiger partial charge in [-0.15, -0.1) is 0 Å². The van der Waals surface area contributed by atoms with Crippen LogP contribution in [0.4, 0.5) is 0 Å². The molecule has 334 valence electrons. The zero-order valence-corrected chi connectivity index (χ0v) is 38.0. The van der Waals surface area contributed by atoms with E-state index in [9.17, 15) is 14.4 Å². The second kappa shape index (κ2) is 47.0. The normalized spacial score (nSPS) is 12.9. The number of unbranched alkanes of at least 4 members (excludes halogenated alkanes) is 14. The number of allylic oxidation sites excluding steroid dienone is 16. The second-order valence-electron chi connectivity index (χ2n) is 15.2. The van der Waals surface area contributed by atoms with Gasteiger partial charge in [-0.05, 0) is 103 Å². The third kappa shape index (κ3) is 45.3. The fraction of sp³-hybridized carbons (Fsp3) is 0.642. The fourth-order valence-corrected chi connectivity index (χ4v) is 6.05. The molecule has 0 radical (unpaired) electrons. The monoisotopic (exact) mass is 819 g/mol. The van der Waals surface area contributed by atoms with Crippen LogP contribution in [0, 0.1) is 0 Å². The molecule has 1 atom stereocenters. The topological polar surface area (TPSA) is 78.9 Å². The molecular formula is C53H86O6. The van der Waals surface area contributed by atoms with Gasteiger partial charge in [0.2, 0.25) is 0 Å². The highest BCUT2D eigenvalue weighted by atomic mass is 16.6. The Labute approximate surface area is 362 Å². The van der Waals surface area contributed by atoms with Crippen molar-refractivity contribution < 1.29 is 28.6 Å². The van der Waals surface area contributed by atoms with Crippen molar-refractivity contribution in [2.45, 2.75) is 207 Å². The maximum atomic E-state index is 12.7. The second-order valence-corrected chi connectivity index (χ2v) is 15.2. The lowest BCUT2D eigenvalue weighted by atomic mass is 10.1. The predicted octanol–water partition coefficient (Wildman–Crippen LogP) is 15.4. The van der Waals surface area contributed by atoms with Crippen molar-refractivity contribution >= 4 is 17.9 Å². The van der Waals surface area contributed by atoms with Gasteiger partial charge in [-0.2, -0.15) is 0 Å². The summed E-state index contributed by atoms with van der Waals surface area (Å²) in [6.07, 6.45) is 61.3. The first kappa shape index (κ1) is 55.3. The molecule has 6 nitrogen and oxygen atoms in total. The molecule has 0 N–H and O–H groups in total. The van der Waals surface area contributed by atoms with Crippen LogP contribution in [0.2, 0.25) is 0 Å². The Balaban J connectivity index is 4.44. The zero-order chi connectivity index (χ0) is 43.0. The van der Waals surface area contributed by atoms with Gasteiger partial charge in [-0.25, -0.2) is 0 Å². The van der Waals surface area contributed by atoms with Gasteiger partial charge in [0.15, 0.2) is 6.10 Å². The van der Waals surface area contributed by atoms with Gasteiger partial charge in [0.25, 0.3) is 0 Å². The van der Waals surface area contributed by atoms with Gasteiger partial charge in [-0.3, -0.25) is 14.4 Å². The molecule has 0 aliphatic rings. The summed E-state index contributed by atoms with van der Waals surface area (Å²) in [7, 11) is 0. The van der Waals surface area contributed by atoms with E-state index in [0.717, 1.165) is 103 Å². The van der Waals surface area contributed by atoms with Crippen molar-refractivity contribution in [1.29, 1.82) is 0 Å². The quantitative estimate of drug-likeness (QED) is 0.0265. The maximum Gasteiger partial charge on any atom is 0.306 e. The lowest BCUT2D eigenvalue weighted by Gasteiger charge is -2.18. The van der Waals surface area contributed by atoms with Crippen molar-refractivity contribution in [3.8, 4) is 0 Å². The molecule has 0 amide bonds. The SMILES string of the molecule is CC/C=C\C/C=C\C/C=C\C/C=C\CCCCCCCCC(=O)OCC(COC(=O)CCCC/C=C\C/C=C\CC)OC(=O)CC/C=C\C/C=C\CCCCCCCC. The van der Waals surface area contributed by atoms with Gasteiger partial charge in [-0.1, -0.05) is 176 Å². The number of ether oxygens (including phenoxy) is 3. The largest absolute Gasteiger partial charge is 0.462 e. The minimum Gasteiger partial charge on any atom is -0.462 e. The molecule has 0 heterocycles. The minimum atomic E-state index is -0.825. The molecule has 6 heteroatoms. The highest BCUT2D eigenvalue weighted by Gasteiger charge is 2.19. The van der Waals surface area contributed by atoms with Gasteiger partial charge >= 0.3 is 17.9 Å². The number of carbonyl (C=O) groups excluding carboxylic acids is 3. The van der Waals surface area contributed by atoms with Crippen LogP contribution in [0.3, 0.4) is 0 Å². The van der Waals surface area contributed by atoms with Gasteiger partial charge in [0, 0.05) is 19.3 Å². The van der Waals surface area contributed by atoms with Gasteiger partial charge in [0.05, 0.1) is 0 Å². The summed E-state index contributed by atoms with van der Waals surface area (Å²) in [4.78, 5) is 37.7. The van der Waals surface area contributed by atoms with Crippen LogP contribution in [0.1, 0.15) is 201 Å². The van der Waals surface area contributed by atoms with Crippen molar-refractivity contribution in [1.82, 2.24) is 0 Å². The third-order valence-corrected chi connectivity index (χ3v) is 9.57. The zero-order valence-electron chi connectivity index (χ0n) is 38.0. The predicted molar refractivity (Wildman–Crippen MR) is 251 cm³/mol. The van der Waals surface area contributed by atoms with Crippen LogP contribution < -0.4 is 0 Å². The molecule has 0 saturated heterocycles. The first-order valence-corrected chi connectivity index (χ1v) is 23.7. The van der Waals surface area contributed by atoms with Crippen LogP contribution in [0.15, 0.2) is 97.2 Å². The Morgan fingerprint density at radius 1 is 0.356 bits per heavy atom. The van der Waals surface area contributed by atoms with Gasteiger partial charge in [0.1, 0.15) is 13.2 Å². The van der Waals surface area contributed by atoms with Crippen molar-refractivity contribution in [2.75, 3.05) is 13.2 Å². The molecule has 0 spiro atoms. The van der Waals surface area contributed by atoms with E-state index in [2.05, 4.69) is 112 Å². The van der Waals surface area contributed by atoms with E-state index in [1.165, 1.54) is 51.4 Å². The Hall–Kier alpha value is -3.67. The molecule has 0 bridgehead atoms. The molecular weight excluding hydrogens is 733 g/mol.